The molecular formula is C13H15ClO3. The van der Waals surface area contributed by atoms with E-state index in [2.05, 4.69) is 0 Å². The lowest BCUT2D eigenvalue weighted by molar-refractivity contribution is 0.0523. The van der Waals surface area contributed by atoms with E-state index in [0.717, 1.165) is 5.56 Å². The second-order valence-electron chi connectivity index (χ2n) is 3.51. The van der Waals surface area contributed by atoms with Gasteiger partial charge in [0.2, 0.25) is 0 Å². The van der Waals surface area contributed by atoms with Gasteiger partial charge in [0.25, 0.3) is 0 Å². The number of hydrogen-bond donors (Lipinski definition) is 0. The van der Waals surface area contributed by atoms with Gasteiger partial charge in [-0.3, -0.25) is 4.79 Å². The molecule has 0 unspecified atom stereocenters. The van der Waals surface area contributed by atoms with Gasteiger partial charge in [0.05, 0.1) is 12.2 Å². The maximum absolute atomic E-state index is 11.7. The first-order chi connectivity index (χ1) is 8.13. The van der Waals surface area contributed by atoms with Gasteiger partial charge in [-0.25, -0.2) is 4.79 Å². The van der Waals surface area contributed by atoms with Crippen molar-refractivity contribution in [2.75, 3.05) is 6.61 Å². The van der Waals surface area contributed by atoms with Crippen LogP contribution < -0.4 is 0 Å². The summed E-state index contributed by atoms with van der Waals surface area (Å²) < 4.78 is 4.93. The first-order valence-corrected chi connectivity index (χ1v) is 6.06. The molecule has 92 valence electrons. The molecule has 0 spiro atoms. The molecule has 0 fully saturated rings. The summed E-state index contributed by atoms with van der Waals surface area (Å²) in [5, 5.41) is 0. The van der Waals surface area contributed by atoms with Crippen LogP contribution in [0.2, 0.25) is 0 Å². The van der Waals surface area contributed by atoms with Crippen LogP contribution in [0.15, 0.2) is 18.2 Å². The zero-order valence-corrected chi connectivity index (χ0v) is 10.7. The van der Waals surface area contributed by atoms with E-state index in [0.29, 0.717) is 23.4 Å². The van der Waals surface area contributed by atoms with Crippen LogP contribution in [-0.2, 0) is 10.6 Å². The van der Waals surface area contributed by atoms with Gasteiger partial charge in [0.1, 0.15) is 0 Å². The van der Waals surface area contributed by atoms with Gasteiger partial charge >= 0.3 is 5.97 Å². The van der Waals surface area contributed by atoms with Crippen molar-refractivity contribution in [2.24, 2.45) is 0 Å². The van der Waals surface area contributed by atoms with E-state index in [9.17, 15) is 9.59 Å². The number of Topliss-reactive ketones (excluding diaryl/α,β-unsaturated/α-hetero) is 1. The zero-order chi connectivity index (χ0) is 12.8. The number of ketones is 1. The lowest BCUT2D eigenvalue weighted by Crippen LogP contribution is -2.12. The van der Waals surface area contributed by atoms with Crippen molar-refractivity contribution >= 4 is 23.4 Å². The molecule has 0 aromatic heterocycles. The van der Waals surface area contributed by atoms with E-state index in [1.165, 1.54) is 0 Å². The molecule has 3 nitrogen and oxygen atoms in total. The molecule has 0 aliphatic heterocycles. The Morgan fingerprint density at radius 3 is 2.47 bits per heavy atom. The number of hydrogen-bond acceptors (Lipinski definition) is 3. The van der Waals surface area contributed by atoms with Gasteiger partial charge in [-0.2, -0.15) is 0 Å². The first kappa shape index (κ1) is 13.7. The number of rotatable bonds is 5. The van der Waals surface area contributed by atoms with Gasteiger partial charge in [-0.05, 0) is 18.6 Å². The standard InChI is InChI=1S/C13H15ClO3/c1-3-12(15)10-6-5-9(8-14)7-11(10)13(16)17-4-2/h5-7H,3-4,8H2,1-2H3. The third-order valence-corrected chi connectivity index (χ3v) is 2.66. The Balaban J connectivity index is 3.20. The third-order valence-electron chi connectivity index (χ3n) is 2.36. The van der Waals surface area contributed by atoms with Gasteiger partial charge in [0.15, 0.2) is 5.78 Å². The molecule has 1 aromatic carbocycles. The Morgan fingerprint density at radius 2 is 1.94 bits per heavy atom. The van der Waals surface area contributed by atoms with Crippen LogP contribution in [0.3, 0.4) is 0 Å². The molecule has 0 N–H and O–H groups in total. The SMILES string of the molecule is CCOC(=O)c1cc(CCl)ccc1C(=O)CC. The van der Waals surface area contributed by atoms with E-state index in [4.69, 9.17) is 16.3 Å². The second-order valence-corrected chi connectivity index (χ2v) is 3.78. The van der Waals surface area contributed by atoms with E-state index < -0.39 is 5.97 Å². The highest BCUT2D eigenvalue weighted by molar-refractivity contribution is 6.17. The minimum atomic E-state index is -0.476. The Hall–Kier alpha value is -1.35. The molecule has 0 bridgehead atoms. The Bertz CT molecular complexity index is 427. The zero-order valence-electron chi connectivity index (χ0n) is 9.96. The summed E-state index contributed by atoms with van der Waals surface area (Å²) in [5.41, 5.74) is 1.50. The molecule has 0 amide bonds. The summed E-state index contributed by atoms with van der Waals surface area (Å²) in [5.74, 6) is -0.252. The van der Waals surface area contributed by atoms with Crippen LogP contribution in [0, 0.1) is 0 Å². The predicted octanol–water partition coefficient (Wildman–Crippen LogP) is 3.19. The molecule has 0 atom stereocenters. The van der Waals surface area contributed by atoms with Crippen LogP contribution in [0.1, 0.15) is 46.5 Å². The first-order valence-electron chi connectivity index (χ1n) is 5.53. The van der Waals surface area contributed by atoms with Crippen molar-refractivity contribution < 1.29 is 14.3 Å². The Morgan fingerprint density at radius 1 is 1.24 bits per heavy atom. The number of carbonyl (C=O) groups excluding carboxylic acids is 2. The molecule has 1 rings (SSSR count). The number of halogens is 1. The smallest absolute Gasteiger partial charge is 0.338 e. The average molecular weight is 255 g/mol. The largest absolute Gasteiger partial charge is 0.462 e. The average Bonchev–Trinajstić information content (AvgIpc) is 2.37. The number of carbonyl (C=O) groups is 2. The summed E-state index contributed by atoms with van der Waals surface area (Å²) in [7, 11) is 0. The molecule has 0 aliphatic carbocycles. The molecular weight excluding hydrogens is 240 g/mol. The van der Waals surface area contributed by atoms with Crippen molar-refractivity contribution in [1.82, 2.24) is 0 Å². The summed E-state index contributed by atoms with van der Waals surface area (Å²) in [6.45, 7) is 3.76. The summed E-state index contributed by atoms with van der Waals surface area (Å²) in [6.07, 6.45) is 0.354. The van der Waals surface area contributed by atoms with Crippen molar-refractivity contribution in [2.45, 2.75) is 26.1 Å². The van der Waals surface area contributed by atoms with E-state index in [1.54, 1.807) is 32.0 Å². The molecule has 0 radical (unpaired) electrons. The van der Waals surface area contributed by atoms with Gasteiger partial charge in [-0.1, -0.05) is 19.1 Å². The monoisotopic (exact) mass is 254 g/mol. The summed E-state index contributed by atoms with van der Waals surface area (Å²) >= 11 is 5.71. The number of alkyl halides is 1. The maximum Gasteiger partial charge on any atom is 0.338 e. The molecule has 4 heteroatoms. The van der Waals surface area contributed by atoms with Crippen LogP contribution in [0.5, 0.6) is 0 Å². The fourth-order valence-corrected chi connectivity index (χ4v) is 1.65. The van der Waals surface area contributed by atoms with E-state index >= 15 is 0 Å². The van der Waals surface area contributed by atoms with E-state index in [1.807, 2.05) is 0 Å². The Kier molecular flexibility index (Phi) is 5.16. The summed E-state index contributed by atoms with van der Waals surface area (Å²) in [6, 6.07) is 5.00. The van der Waals surface area contributed by atoms with Crippen molar-refractivity contribution in [3.63, 3.8) is 0 Å². The molecule has 0 saturated heterocycles. The number of esters is 1. The van der Waals surface area contributed by atoms with Gasteiger partial charge < -0.3 is 4.74 Å². The minimum Gasteiger partial charge on any atom is -0.462 e. The fraction of sp³-hybridized carbons (Fsp3) is 0.385. The second kappa shape index (κ2) is 6.40. The van der Waals surface area contributed by atoms with Crippen LogP contribution in [-0.4, -0.2) is 18.4 Å². The molecule has 0 saturated carbocycles. The molecule has 1 aromatic rings. The molecule has 0 aliphatic rings. The van der Waals surface area contributed by atoms with Gasteiger partial charge in [0, 0.05) is 17.9 Å². The lowest BCUT2D eigenvalue weighted by Gasteiger charge is -2.08. The number of benzene rings is 1. The third kappa shape index (κ3) is 3.30. The van der Waals surface area contributed by atoms with Crippen molar-refractivity contribution in [3.05, 3.63) is 34.9 Å². The lowest BCUT2D eigenvalue weighted by atomic mass is 10.00. The van der Waals surface area contributed by atoms with Crippen LogP contribution in [0.25, 0.3) is 0 Å². The quantitative estimate of drug-likeness (QED) is 0.460. The fourth-order valence-electron chi connectivity index (χ4n) is 1.49. The van der Waals surface area contributed by atoms with Crippen molar-refractivity contribution in [1.29, 1.82) is 0 Å². The number of ether oxygens (including phenoxy) is 1. The van der Waals surface area contributed by atoms with Crippen LogP contribution >= 0.6 is 11.6 Å². The molecule has 0 heterocycles. The normalized spacial score (nSPS) is 10.1. The molecule has 17 heavy (non-hydrogen) atoms. The highest BCUT2D eigenvalue weighted by Crippen LogP contribution is 2.17. The van der Waals surface area contributed by atoms with Gasteiger partial charge in [-0.15, -0.1) is 11.6 Å². The Labute approximate surface area is 106 Å². The highest BCUT2D eigenvalue weighted by atomic mass is 35.5. The van der Waals surface area contributed by atoms with E-state index in [-0.39, 0.29) is 12.4 Å². The predicted molar refractivity (Wildman–Crippen MR) is 66.6 cm³/mol. The summed E-state index contributed by atoms with van der Waals surface area (Å²) in [4.78, 5) is 23.4. The van der Waals surface area contributed by atoms with Crippen LogP contribution in [0.4, 0.5) is 0 Å². The highest BCUT2D eigenvalue weighted by Gasteiger charge is 2.17. The maximum atomic E-state index is 11.7. The topological polar surface area (TPSA) is 43.4 Å². The minimum absolute atomic E-state index is 0.0748. The van der Waals surface area contributed by atoms with Crippen molar-refractivity contribution in [3.8, 4) is 0 Å².